The molecule has 90 valence electrons. The second kappa shape index (κ2) is 6.03. The van der Waals surface area contributed by atoms with Crippen LogP contribution in [-0.2, 0) is 13.0 Å². The van der Waals surface area contributed by atoms with E-state index in [1.807, 2.05) is 16.8 Å². The molecule has 0 aliphatic heterocycles. The van der Waals surface area contributed by atoms with Gasteiger partial charge >= 0.3 is 0 Å². The lowest BCUT2D eigenvalue weighted by molar-refractivity contribution is 0.298. The van der Waals surface area contributed by atoms with Gasteiger partial charge in [-0.3, -0.25) is 4.68 Å². The first kappa shape index (κ1) is 11.6. The molecule has 0 spiro atoms. The quantitative estimate of drug-likeness (QED) is 0.716. The Kier molecular flexibility index (Phi) is 4.13. The van der Waals surface area contributed by atoms with Gasteiger partial charge in [-0.15, -0.1) is 0 Å². The van der Waals surface area contributed by atoms with Crippen molar-refractivity contribution < 1.29 is 4.74 Å². The van der Waals surface area contributed by atoms with E-state index in [-0.39, 0.29) is 0 Å². The molecule has 0 aliphatic rings. The van der Waals surface area contributed by atoms with Crippen LogP contribution in [0.25, 0.3) is 0 Å². The first-order valence-electron chi connectivity index (χ1n) is 5.92. The molecule has 1 heterocycles. The summed E-state index contributed by atoms with van der Waals surface area (Å²) in [5.41, 5.74) is 1.33. The molecule has 0 N–H and O–H groups in total. The van der Waals surface area contributed by atoms with Crippen LogP contribution in [-0.4, -0.2) is 21.4 Å². The number of aromatic nitrogens is 3. The molecule has 1 aromatic carbocycles. The number of rotatable bonds is 6. The largest absolute Gasteiger partial charge is 0.494 e. The van der Waals surface area contributed by atoms with Crippen molar-refractivity contribution in [3.8, 4) is 5.75 Å². The van der Waals surface area contributed by atoms with E-state index in [1.165, 1.54) is 5.56 Å². The van der Waals surface area contributed by atoms with Crippen molar-refractivity contribution in [3.05, 3.63) is 42.5 Å². The fourth-order valence-electron chi connectivity index (χ4n) is 1.59. The highest BCUT2D eigenvalue weighted by atomic mass is 16.5. The zero-order valence-corrected chi connectivity index (χ0v) is 10.0. The molecule has 0 atom stereocenters. The molecule has 0 amide bonds. The Hall–Kier alpha value is -1.84. The number of aryl methyl sites for hydroxylation is 2. The first-order chi connectivity index (χ1) is 8.38. The van der Waals surface area contributed by atoms with Gasteiger partial charge in [0.25, 0.3) is 0 Å². The van der Waals surface area contributed by atoms with Crippen molar-refractivity contribution >= 4 is 0 Å². The van der Waals surface area contributed by atoms with Crippen molar-refractivity contribution in [1.82, 2.24) is 14.8 Å². The molecule has 0 radical (unpaired) electrons. The molecule has 4 nitrogen and oxygen atoms in total. The van der Waals surface area contributed by atoms with Crippen LogP contribution in [0.2, 0.25) is 0 Å². The standard InChI is InChI=1S/C13H17N3O/c1-2-12-4-6-13(7-5-12)17-9-3-8-16-11-14-10-15-16/h4-7,10-11H,2-3,8-9H2,1H3. The summed E-state index contributed by atoms with van der Waals surface area (Å²) in [6.45, 7) is 3.69. The number of benzene rings is 1. The summed E-state index contributed by atoms with van der Waals surface area (Å²) < 4.78 is 7.45. The maximum atomic E-state index is 5.64. The van der Waals surface area contributed by atoms with E-state index in [0.29, 0.717) is 6.61 Å². The average Bonchev–Trinajstić information content (AvgIpc) is 2.88. The molecular weight excluding hydrogens is 214 g/mol. The molecule has 1 aromatic heterocycles. The van der Waals surface area contributed by atoms with Gasteiger partial charge in [0.1, 0.15) is 18.4 Å². The SMILES string of the molecule is CCc1ccc(OCCCn2cncn2)cc1. The predicted molar refractivity (Wildman–Crippen MR) is 66.0 cm³/mol. The van der Waals surface area contributed by atoms with Crippen molar-refractivity contribution in [2.45, 2.75) is 26.3 Å². The van der Waals surface area contributed by atoms with Crippen molar-refractivity contribution in [2.75, 3.05) is 6.61 Å². The van der Waals surface area contributed by atoms with Crippen LogP contribution >= 0.6 is 0 Å². The summed E-state index contributed by atoms with van der Waals surface area (Å²) >= 11 is 0. The number of ether oxygens (including phenoxy) is 1. The molecule has 0 saturated heterocycles. The monoisotopic (exact) mass is 231 g/mol. The van der Waals surface area contributed by atoms with Gasteiger partial charge in [0.05, 0.1) is 6.61 Å². The van der Waals surface area contributed by atoms with Crippen LogP contribution in [0.15, 0.2) is 36.9 Å². The van der Waals surface area contributed by atoms with E-state index in [2.05, 4.69) is 29.1 Å². The fourth-order valence-corrected chi connectivity index (χ4v) is 1.59. The van der Waals surface area contributed by atoms with Crippen molar-refractivity contribution in [2.24, 2.45) is 0 Å². The third kappa shape index (κ3) is 3.59. The molecule has 0 saturated carbocycles. The normalized spacial score (nSPS) is 10.4. The van der Waals surface area contributed by atoms with Crippen LogP contribution in [0, 0.1) is 0 Å². The Morgan fingerprint density at radius 1 is 1.24 bits per heavy atom. The molecule has 17 heavy (non-hydrogen) atoms. The van der Waals surface area contributed by atoms with Gasteiger partial charge < -0.3 is 4.74 Å². The first-order valence-corrected chi connectivity index (χ1v) is 5.92. The Morgan fingerprint density at radius 2 is 2.06 bits per heavy atom. The Morgan fingerprint density at radius 3 is 2.71 bits per heavy atom. The number of hydrogen-bond donors (Lipinski definition) is 0. The lowest BCUT2D eigenvalue weighted by Crippen LogP contribution is -2.04. The van der Waals surface area contributed by atoms with Gasteiger partial charge in [-0.25, -0.2) is 4.98 Å². The van der Waals surface area contributed by atoms with Gasteiger partial charge in [-0.1, -0.05) is 19.1 Å². The predicted octanol–water partition coefficient (Wildman–Crippen LogP) is 2.31. The molecule has 0 unspecified atom stereocenters. The van der Waals surface area contributed by atoms with E-state index < -0.39 is 0 Å². The molecular formula is C13H17N3O. The Labute approximate surface area is 101 Å². The topological polar surface area (TPSA) is 39.9 Å². The Bertz CT molecular complexity index is 422. The van der Waals surface area contributed by atoms with Crippen LogP contribution in [0.3, 0.4) is 0 Å². The summed E-state index contributed by atoms with van der Waals surface area (Å²) in [5, 5.41) is 4.03. The smallest absolute Gasteiger partial charge is 0.137 e. The zero-order valence-electron chi connectivity index (χ0n) is 10.0. The van der Waals surface area contributed by atoms with Gasteiger partial charge in [-0.05, 0) is 24.1 Å². The minimum atomic E-state index is 0.700. The third-order valence-electron chi connectivity index (χ3n) is 2.60. The summed E-state index contributed by atoms with van der Waals surface area (Å²) in [7, 11) is 0. The minimum absolute atomic E-state index is 0.700. The Balaban J connectivity index is 1.70. The highest BCUT2D eigenvalue weighted by Gasteiger charge is 1.95. The third-order valence-corrected chi connectivity index (χ3v) is 2.60. The van der Waals surface area contributed by atoms with Crippen LogP contribution < -0.4 is 4.74 Å². The van der Waals surface area contributed by atoms with E-state index >= 15 is 0 Å². The van der Waals surface area contributed by atoms with Crippen LogP contribution in [0.1, 0.15) is 18.9 Å². The molecule has 2 aromatic rings. The summed E-state index contributed by atoms with van der Waals surface area (Å²) in [4.78, 5) is 3.89. The van der Waals surface area contributed by atoms with E-state index in [4.69, 9.17) is 4.74 Å². The van der Waals surface area contributed by atoms with Gasteiger partial charge in [0.2, 0.25) is 0 Å². The maximum absolute atomic E-state index is 5.64. The van der Waals surface area contributed by atoms with Crippen molar-refractivity contribution in [1.29, 1.82) is 0 Å². The number of nitrogens with zero attached hydrogens (tertiary/aromatic N) is 3. The lowest BCUT2D eigenvalue weighted by Gasteiger charge is -2.06. The number of hydrogen-bond acceptors (Lipinski definition) is 3. The summed E-state index contributed by atoms with van der Waals surface area (Å²) in [6.07, 6.45) is 5.26. The molecule has 2 rings (SSSR count). The molecule has 4 heteroatoms. The molecule has 0 aliphatic carbocycles. The van der Waals surface area contributed by atoms with Crippen LogP contribution in [0.4, 0.5) is 0 Å². The van der Waals surface area contributed by atoms with Gasteiger partial charge in [0.15, 0.2) is 0 Å². The minimum Gasteiger partial charge on any atom is -0.494 e. The maximum Gasteiger partial charge on any atom is 0.137 e. The second-order valence-corrected chi connectivity index (χ2v) is 3.86. The van der Waals surface area contributed by atoms with E-state index in [9.17, 15) is 0 Å². The lowest BCUT2D eigenvalue weighted by atomic mass is 10.2. The highest BCUT2D eigenvalue weighted by molar-refractivity contribution is 5.27. The van der Waals surface area contributed by atoms with Gasteiger partial charge in [-0.2, -0.15) is 5.10 Å². The highest BCUT2D eigenvalue weighted by Crippen LogP contribution is 2.12. The zero-order chi connectivity index (χ0) is 11.9. The van der Waals surface area contributed by atoms with E-state index in [1.54, 1.807) is 12.7 Å². The van der Waals surface area contributed by atoms with Crippen molar-refractivity contribution in [3.63, 3.8) is 0 Å². The summed E-state index contributed by atoms with van der Waals surface area (Å²) in [6, 6.07) is 8.25. The average molecular weight is 231 g/mol. The van der Waals surface area contributed by atoms with Crippen LogP contribution in [0.5, 0.6) is 5.75 Å². The van der Waals surface area contributed by atoms with Gasteiger partial charge in [0, 0.05) is 13.0 Å². The fraction of sp³-hybridized carbons (Fsp3) is 0.385. The second-order valence-electron chi connectivity index (χ2n) is 3.86. The molecule has 0 fully saturated rings. The molecule has 0 bridgehead atoms. The summed E-state index contributed by atoms with van der Waals surface area (Å²) in [5.74, 6) is 0.931. The van der Waals surface area contributed by atoms with E-state index in [0.717, 1.165) is 25.1 Å².